The summed E-state index contributed by atoms with van der Waals surface area (Å²) in [7, 11) is 0. The Kier molecular flexibility index (Phi) is 9.96. The van der Waals surface area contributed by atoms with E-state index in [0.717, 1.165) is 6.07 Å². The average molecular weight is 842 g/mol. The van der Waals surface area contributed by atoms with E-state index in [9.17, 15) is 27.6 Å². The van der Waals surface area contributed by atoms with Crippen LogP contribution >= 0.6 is 75.3 Å². The van der Waals surface area contributed by atoms with E-state index in [1.54, 1.807) is 12.1 Å². The summed E-state index contributed by atoms with van der Waals surface area (Å²) in [6, 6.07) is 13.9. The van der Waals surface area contributed by atoms with Crippen molar-refractivity contribution in [3.8, 4) is 0 Å². The zero-order chi connectivity index (χ0) is 30.0. The first-order valence-electron chi connectivity index (χ1n) is 10.9. The van der Waals surface area contributed by atoms with Gasteiger partial charge in [-0.25, -0.2) is 27.6 Å². The summed E-state index contributed by atoms with van der Waals surface area (Å²) >= 11 is 17.8. The maximum Gasteiger partial charge on any atom is 0.350 e. The van der Waals surface area contributed by atoms with E-state index in [2.05, 4.69) is 63.7 Å². The third-order valence-corrected chi connectivity index (χ3v) is 7.62. The quantitative estimate of drug-likeness (QED) is 0.142. The fraction of sp³-hybridized carbons (Fsp3) is 0. The number of benzene rings is 3. The molecule has 3 heterocycles. The fourth-order valence-electron chi connectivity index (χ4n) is 3.35. The smallest absolute Gasteiger partial charge is 0.350 e. The number of rotatable bonds is 0. The molecule has 0 aliphatic rings. The highest BCUT2D eigenvalue weighted by Gasteiger charge is 2.09. The Hall–Kier alpha value is -2.71. The van der Waals surface area contributed by atoms with E-state index in [1.807, 2.05) is 0 Å². The molecule has 0 saturated carbocycles. The van der Waals surface area contributed by atoms with E-state index >= 15 is 0 Å². The molecule has 0 atom stereocenters. The van der Waals surface area contributed by atoms with Crippen molar-refractivity contribution < 1.29 is 26.4 Å². The molecule has 6 nitrogen and oxygen atoms in total. The van der Waals surface area contributed by atoms with E-state index in [0.29, 0.717) is 30.7 Å². The number of hydrogen-bond donors (Lipinski definition) is 0. The van der Waals surface area contributed by atoms with Crippen molar-refractivity contribution in [2.45, 2.75) is 0 Å². The number of hydrogen-bond acceptors (Lipinski definition) is 6. The number of fused-ring (bicyclic) bond motifs is 3. The summed E-state index contributed by atoms with van der Waals surface area (Å²) in [5.74, 6) is -1.38. The van der Waals surface area contributed by atoms with Crippen LogP contribution in [0.3, 0.4) is 0 Å². The SMILES string of the molecule is O=c1oc2c(Br)cc(F)cc2cc1Br.O=c1oc2c(Cl)cc(F)cc2cc1Br.O=c1oc2c(F)cccc2cc1Br. The monoisotopic (exact) mass is 838 g/mol. The summed E-state index contributed by atoms with van der Waals surface area (Å²) in [4.78, 5) is 33.3. The zero-order valence-electron chi connectivity index (χ0n) is 19.7. The Morgan fingerprint density at radius 3 is 1.59 bits per heavy atom. The first-order chi connectivity index (χ1) is 19.3. The lowest BCUT2D eigenvalue weighted by molar-refractivity contribution is 0.521. The normalized spacial score (nSPS) is 10.7. The van der Waals surface area contributed by atoms with E-state index in [-0.39, 0.29) is 31.0 Å². The minimum absolute atomic E-state index is 0.00398. The molecule has 6 rings (SSSR count). The van der Waals surface area contributed by atoms with E-state index in [4.69, 9.17) is 24.9 Å². The van der Waals surface area contributed by atoms with Gasteiger partial charge in [0.15, 0.2) is 22.6 Å². The highest BCUT2D eigenvalue weighted by molar-refractivity contribution is 9.11. The Balaban J connectivity index is 0.000000142. The second kappa shape index (κ2) is 13.1. The van der Waals surface area contributed by atoms with Crippen molar-refractivity contribution in [3.05, 3.63) is 132 Å². The van der Waals surface area contributed by atoms with Crippen LogP contribution in [0.15, 0.2) is 106 Å². The van der Waals surface area contributed by atoms with E-state index < -0.39 is 28.5 Å². The van der Waals surface area contributed by atoms with Crippen molar-refractivity contribution in [2.24, 2.45) is 0 Å². The Morgan fingerprint density at radius 2 is 1.00 bits per heavy atom. The topological polar surface area (TPSA) is 90.6 Å². The van der Waals surface area contributed by atoms with Crippen molar-refractivity contribution in [2.75, 3.05) is 0 Å². The molecule has 14 heteroatoms. The lowest BCUT2D eigenvalue weighted by Gasteiger charge is -1.99. The highest BCUT2D eigenvalue weighted by atomic mass is 79.9. The average Bonchev–Trinajstić information content (AvgIpc) is 2.89. The summed E-state index contributed by atoms with van der Waals surface area (Å²) < 4.78 is 54.8. The number of halogens is 8. The van der Waals surface area contributed by atoms with Crippen LogP contribution in [0.25, 0.3) is 32.9 Å². The summed E-state index contributed by atoms with van der Waals surface area (Å²) in [5, 5.41) is 1.63. The third kappa shape index (κ3) is 7.39. The highest BCUT2D eigenvalue weighted by Crippen LogP contribution is 2.26. The van der Waals surface area contributed by atoms with Crippen molar-refractivity contribution in [1.29, 1.82) is 0 Å². The molecule has 0 bridgehead atoms. The molecule has 3 aromatic carbocycles. The van der Waals surface area contributed by atoms with Gasteiger partial charge in [-0.05, 0) is 112 Å². The molecular weight excluding hydrogens is 832 g/mol. The maximum atomic E-state index is 13.0. The van der Waals surface area contributed by atoms with Crippen molar-refractivity contribution in [3.63, 3.8) is 0 Å². The Labute approximate surface area is 265 Å². The first kappa shape index (κ1) is 31.2. The summed E-state index contributed by atoms with van der Waals surface area (Å²) in [6.45, 7) is 0. The van der Waals surface area contributed by atoms with Gasteiger partial charge in [0, 0.05) is 16.2 Å². The van der Waals surface area contributed by atoms with Gasteiger partial charge in [-0.2, -0.15) is 0 Å². The molecule has 0 N–H and O–H groups in total. The fourth-order valence-corrected chi connectivity index (χ4v) is 5.11. The lowest BCUT2D eigenvalue weighted by Crippen LogP contribution is -1.99. The van der Waals surface area contributed by atoms with Crippen LogP contribution in [0.2, 0.25) is 5.02 Å². The minimum Gasteiger partial charge on any atom is -0.421 e. The predicted molar refractivity (Wildman–Crippen MR) is 163 cm³/mol. The molecule has 41 heavy (non-hydrogen) atoms. The van der Waals surface area contributed by atoms with Gasteiger partial charge in [0.05, 0.1) is 9.50 Å². The van der Waals surface area contributed by atoms with Crippen LogP contribution < -0.4 is 16.9 Å². The second-order valence-electron chi connectivity index (χ2n) is 7.92. The van der Waals surface area contributed by atoms with Crippen LogP contribution in [0.4, 0.5) is 13.2 Å². The molecule has 0 aliphatic heterocycles. The predicted octanol–water partition coefficient (Wildman–Crippen LogP) is 9.50. The minimum atomic E-state index is -0.572. The molecule has 0 radical (unpaired) electrons. The molecule has 0 amide bonds. The van der Waals surface area contributed by atoms with Gasteiger partial charge >= 0.3 is 16.9 Å². The van der Waals surface area contributed by atoms with Gasteiger partial charge in [0.25, 0.3) is 0 Å². The summed E-state index contributed by atoms with van der Waals surface area (Å²) in [5.41, 5.74) is -1.05. The van der Waals surface area contributed by atoms with Gasteiger partial charge < -0.3 is 13.3 Å². The molecule has 6 aromatic rings. The molecule has 210 valence electrons. The van der Waals surface area contributed by atoms with Gasteiger partial charge in [0.1, 0.15) is 25.1 Å². The summed E-state index contributed by atoms with van der Waals surface area (Å²) in [6.07, 6.45) is 0. The molecule has 0 aliphatic carbocycles. The van der Waals surface area contributed by atoms with E-state index in [1.165, 1.54) is 42.5 Å². The van der Waals surface area contributed by atoms with Crippen LogP contribution in [-0.4, -0.2) is 0 Å². The molecule has 0 spiro atoms. The van der Waals surface area contributed by atoms with Crippen LogP contribution in [0, 0.1) is 17.5 Å². The second-order valence-corrected chi connectivity index (χ2v) is 11.7. The van der Waals surface area contributed by atoms with Crippen molar-refractivity contribution >= 4 is 108 Å². The van der Waals surface area contributed by atoms with Gasteiger partial charge in [-0.15, -0.1) is 0 Å². The van der Waals surface area contributed by atoms with Crippen LogP contribution in [0.5, 0.6) is 0 Å². The molecule has 0 saturated heterocycles. The lowest BCUT2D eigenvalue weighted by atomic mass is 10.2. The molecular formula is C27H10Br4ClF3O6. The van der Waals surface area contributed by atoms with Gasteiger partial charge in [0.2, 0.25) is 0 Å². The Morgan fingerprint density at radius 1 is 0.537 bits per heavy atom. The van der Waals surface area contributed by atoms with Gasteiger partial charge in [-0.3, -0.25) is 0 Å². The zero-order valence-corrected chi connectivity index (χ0v) is 26.8. The number of para-hydroxylation sites is 1. The molecule has 0 fully saturated rings. The largest absolute Gasteiger partial charge is 0.421 e. The molecule has 3 aromatic heterocycles. The Bertz CT molecular complexity index is 2030. The first-order valence-corrected chi connectivity index (χ1v) is 14.4. The van der Waals surface area contributed by atoms with Crippen molar-refractivity contribution in [1.82, 2.24) is 0 Å². The van der Waals surface area contributed by atoms with Crippen LogP contribution in [-0.2, 0) is 0 Å². The van der Waals surface area contributed by atoms with Gasteiger partial charge in [-0.1, -0.05) is 23.7 Å². The molecule has 0 unspecified atom stereocenters. The standard InChI is InChI=1S/C9H3Br2FO2.C9H3BrClFO2.C9H4BrFO2/c10-6-3-5(12)1-4-2-7(11)9(13)14-8(4)6;10-6-2-4-1-5(12)3-7(11)8(4)14-9(6)13;10-6-4-5-2-1-3-7(11)8(5)13-9(6)12/h2*1-3H;1-4H. The maximum absolute atomic E-state index is 13.0. The van der Waals surface area contributed by atoms with Crippen LogP contribution in [0.1, 0.15) is 0 Å². The third-order valence-electron chi connectivity index (χ3n) is 5.09.